The quantitative estimate of drug-likeness (QED) is 0.515. The number of carbonyl (C=O) groups excluding carboxylic acids is 1. The number of fused-ring (bicyclic) bond motifs is 2. The van der Waals surface area contributed by atoms with Gasteiger partial charge in [-0.15, -0.1) is 0 Å². The van der Waals surface area contributed by atoms with Crippen LogP contribution in [0.15, 0.2) is 66.7 Å². The van der Waals surface area contributed by atoms with Gasteiger partial charge < -0.3 is 10.3 Å². The highest BCUT2D eigenvalue weighted by Crippen LogP contribution is 2.22. The number of rotatable bonds is 2. The van der Waals surface area contributed by atoms with Crippen LogP contribution in [-0.4, -0.2) is 16.0 Å². The Balaban J connectivity index is 1.59. The van der Waals surface area contributed by atoms with Crippen LogP contribution >= 0.6 is 0 Å². The van der Waals surface area contributed by atoms with E-state index in [4.69, 9.17) is 0 Å². The van der Waals surface area contributed by atoms with Crippen LogP contribution < -0.4 is 10.6 Å². The molecule has 4 aromatic rings. The Morgan fingerprint density at radius 3 is 2.35 bits per heavy atom. The van der Waals surface area contributed by atoms with Gasteiger partial charge in [0.05, 0.1) is 11.0 Å². The second-order valence-electron chi connectivity index (χ2n) is 5.25. The predicted octanol–water partition coefficient (Wildman–Crippen LogP) is 4.36. The third-order valence-electron chi connectivity index (χ3n) is 3.61. The normalized spacial score (nSPS) is 10.8. The first-order valence-corrected chi connectivity index (χ1v) is 7.29. The summed E-state index contributed by atoms with van der Waals surface area (Å²) in [6, 6.07) is 21.0. The first-order chi connectivity index (χ1) is 11.3. The molecule has 5 nitrogen and oxygen atoms in total. The van der Waals surface area contributed by atoms with Crippen LogP contribution in [0.5, 0.6) is 0 Å². The molecule has 1 aromatic heterocycles. The number of nitrogens with zero attached hydrogens (tertiary/aromatic N) is 1. The number of aromatic amines is 1. The highest BCUT2D eigenvalue weighted by Gasteiger charge is 2.08. The number of hydrogen-bond acceptors (Lipinski definition) is 2. The number of amides is 2. The van der Waals surface area contributed by atoms with Crippen molar-refractivity contribution in [1.82, 2.24) is 9.97 Å². The van der Waals surface area contributed by atoms with Crippen molar-refractivity contribution in [3.8, 4) is 0 Å². The molecule has 0 atom stereocenters. The Hall–Kier alpha value is -3.34. The maximum Gasteiger partial charge on any atom is 0.326 e. The molecular weight excluding hydrogens is 288 g/mol. The van der Waals surface area contributed by atoms with Gasteiger partial charge in [-0.25, -0.2) is 9.78 Å². The number of imidazole rings is 1. The van der Waals surface area contributed by atoms with Crippen molar-refractivity contribution < 1.29 is 4.79 Å². The smallest absolute Gasteiger partial charge is 0.324 e. The van der Waals surface area contributed by atoms with E-state index in [2.05, 4.69) is 20.6 Å². The molecule has 23 heavy (non-hydrogen) atoms. The number of para-hydroxylation sites is 1. The summed E-state index contributed by atoms with van der Waals surface area (Å²) in [6.07, 6.45) is 0. The molecule has 0 radical (unpaired) electrons. The number of aromatic nitrogens is 2. The standard InChI is InChI=1S/C18H14N4O/c23-18(19-14-8-2-1-3-9-14)22-17-20-15-10-12-6-4-5-7-13(12)11-16(15)21-17/h1-11H,(H3,19,20,21,22,23). The Kier molecular flexibility index (Phi) is 3.16. The first-order valence-electron chi connectivity index (χ1n) is 7.29. The zero-order chi connectivity index (χ0) is 15.6. The zero-order valence-electron chi connectivity index (χ0n) is 12.2. The highest BCUT2D eigenvalue weighted by molar-refractivity contribution is 6.01. The van der Waals surface area contributed by atoms with Gasteiger partial charge in [0.25, 0.3) is 0 Å². The summed E-state index contributed by atoms with van der Waals surface area (Å²) in [5, 5.41) is 7.72. The number of nitrogens with one attached hydrogen (secondary N) is 3. The minimum atomic E-state index is -0.334. The summed E-state index contributed by atoms with van der Waals surface area (Å²) >= 11 is 0. The lowest BCUT2D eigenvalue weighted by molar-refractivity contribution is 0.262. The summed E-state index contributed by atoms with van der Waals surface area (Å²) in [4.78, 5) is 19.5. The van der Waals surface area contributed by atoms with Crippen LogP contribution in [0.2, 0.25) is 0 Å². The van der Waals surface area contributed by atoms with E-state index in [0.29, 0.717) is 5.95 Å². The number of urea groups is 1. The van der Waals surface area contributed by atoms with Crippen LogP contribution in [0.1, 0.15) is 0 Å². The van der Waals surface area contributed by atoms with Crippen molar-refractivity contribution in [2.45, 2.75) is 0 Å². The van der Waals surface area contributed by atoms with Crippen molar-refractivity contribution in [2.24, 2.45) is 0 Å². The summed E-state index contributed by atoms with van der Waals surface area (Å²) in [6.45, 7) is 0. The highest BCUT2D eigenvalue weighted by atomic mass is 16.2. The molecule has 0 spiro atoms. The molecule has 0 bridgehead atoms. The predicted molar refractivity (Wildman–Crippen MR) is 92.7 cm³/mol. The van der Waals surface area contributed by atoms with Gasteiger partial charge in [0.2, 0.25) is 5.95 Å². The third kappa shape index (κ3) is 2.72. The number of anilines is 2. The van der Waals surface area contributed by atoms with Gasteiger partial charge in [0.15, 0.2) is 0 Å². The van der Waals surface area contributed by atoms with Gasteiger partial charge in [0.1, 0.15) is 0 Å². The maximum atomic E-state index is 12.0. The van der Waals surface area contributed by atoms with Crippen LogP contribution in [0.25, 0.3) is 21.8 Å². The van der Waals surface area contributed by atoms with Gasteiger partial charge in [-0.1, -0.05) is 42.5 Å². The number of H-pyrrole nitrogens is 1. The Labute approximate surface area is 132 Å². The largest absolute Gasteiger partial charge is 0.326 e. The van der Waals surface area contributed by atoms with Gasteiger partial charge >= 0.3 is 6.03 Å². The van der Waals surface area contributed by atoms with E-state index in [1.54, 1.807) is 0 Å². The molecule has 1 heterocycles. The van der Waals surface area contributed by atoms with E-state index in [9.17, 15) is 4.79 Å². The monoisotopic (exact) mass is 302 g/mol. The number of hydrogen-bond donors (Lipinski definition) is 3. The van der Waals surface area contributed by atoms with Crippen LogP contribution in [0, 0.1) is 0 Å². The molecule has 0 unspecified atom stereocenters. The summed E-state index contributed by atoms with van der Waals surface area (Å²) in [5.74, 6) is 0.420. The van der Waals surface area contributed by atoms with Crippen molar-refractivity contribution >= 4 is 39.5 Å². The number of carbonyl (C=O) groups is 1. The van der Waals surface area contributed by atoms with E-state index < -0.39 is 0 Å². The van der Waals surface area contributed by atoms with Gasteiger partial charge in [-0.3, -0.25) is 5.32 Å². The summed E-state index contributed by atoms with van der Waals surface area (Å²) < 4.78 is 0. The molecule has 112 valence electrons. The van der Waals surface area contributed by atoms with Crippen molar-refractivity contribution in [2.75, 3.05) is 10.6 Å². The lowest BCUT2D eigenvalue weighted by Gasteiger charge is -2.04. The second kappa shape index (κ2) is 5.46. The van der Waals surface area contributed by atoms with E-state index in [0.717, 1.165) is 27.5 Å². The van der Waals surface area contributed by atoms with Crippen LogP contribution in [0.3, 0.4) is 0 Å². The van der Waals surface area contributed by atoms with Crippen molar-refractivity contribution in [3.63, 3.8) is 0 Å². The molecule has 5 heteroatoms. The lowest BCUT2D eigenvalue weighted by Crippen LogP contribution is -2.20. The van der Waals surface area contributed by atoms with Gasteiger partial charge in [-0.05, 0) is 35.0 Å². The van der Waals surface area contributed by atoms with E-state index in [1.807, 2.05) is 66.7 Å². The molecule has 0 aliphatic carbocycles. The summed E-state index contributed by atoms with van der Waals surface area (Å²) in [7, 11) is 0. The van der Waals surface area contributed by atoms with E-state index in [-0.39, 0.29) is 6.03 Å². The van der Waals surface area contributed by atoms with E-state index >= 15 is 0 Å². The van der Waals surface area contributed by atoms with Crippen molar-refractivity contribution in [1.29, 1.82) is 0 Å². The average molecular weight is 302 g/mol. The average Bonchev–Trinajstić information content (AvgIpc) is 2.94. The Morgan fingerprint density at radius 2 is 1.57 bits per heavy atom. The van der Waals surface area contributed by atoms with Gasteiger partial charge in [0, 0.05) is 5.69 Å². The topological polar surface area (TPSA) is 69.8 Å². The minimum Gasteiger partial charge on any atom is -0.324 e. The Bertz CT molecular complexity index is 939. The molecule has 0 aliphatic heterocycles. The SMILES string of the molecule is O=C(Nc1ccccc1)Nc1nc2cc3ccccc3cc2[nH]1. The molecular formula is C18H14N4O. The zero-order valence-corrected chi connectivity index (χ0v) is 12.2. The fourth-order valence-corrected chi connectivity index (χ4v) is 2.55. The molecule has 4 rings (SSSR count). The third-order valence-corrected chi connectivity index (χ3v) is 3.61. The molecule has 0 saturated heterocycles. The second-order valence-corrected chi connectivity index (χ2v) is 5.25. The molecule has 2 amide bonds. The summed E-state index contributed by atoms with van der Waals surface area (Å²) in [5.41, 5.74) is 2.43. The number of benzene rings is 3. The van der Waals surface area contributed by atoms with E-state index in [1.165, 1.54) is 0 Å². The van der Waals surface area contributed by atoms with Gasteiger partial charge in [-0.2, -0.15) is 0 Å². The van der Waals surface area contributed by atoms with Crippen LogP contribution in [-0.2, 0) is 0 Å². The minimum absolute atomic E-state index is 0.334. The maximum absolute atomic E-state index is 12.0. The fourth-order valence-electron chi connectivity index (χ4n) is 2.55. The lowest BCUT2D eigenvalue weighted by atomic mass is 10.1. The first kappa shape index (κ1) is 13.3. The molecule has 0 fully saturated rings. The molecule has 3 N–H and O–H groups in total. The van der Waals surface area contributed by atoms with Crippen molar-refractivity contribution in [3.05, 3.63) is 66.7 Å². The Morgan fingerprint density at radius 1 is 0.870 bits per heavy atom. The molecule has 0 aliphatic rings. The molecule has 0 saturated carbocycles. The van der Waals surface area contributed by atoms with Crippen LogP contribution in [0.4, 0.5) is 16.4 Å². The fraction of sp³-hybridized carbons (Fsp3) is 0. The molecule has 3 aromatic carbocycles.